The highest BCUT2D eigenvalue weighted by molar-refractivity contribution is 5.52. The quantitative estimate of drug-likeness (QED) is 0.536. The molecule has 0 aromatic rings. The van der Waals surface area contributed by atoms with Crippen molar-refractivity contribution >= 4 is 0 Å². The Morgan fingerprint density at radius 1 is 1.00 bits per heavy atom. The first-order valence-corrected chi connectivity index (χ1v) is 6.82. The molecule has 1 fully saturated rings. The molecule has 0 bridgehead atoms. The summed E-state index contributed by atoms with van der Waals surface area (Å²) in [5.41, 5.74) is 7.17. The molecule has 0 aliphatic heterocycles. The van der Waals surface area contributed by atoms with Crippen LogP contribution in [-0.2, 0) is 0 Å². The van der Waals surface area contributed by atoms with Crippen molar-refractivity contribution < 1.29 is 0 Å². The molecule has 0 heteroatoms. The molecule has 86 valence electrons. The molecular formula is C16H22. The Hall–Kier alpha value is -0.780. The lowest BCUT2D eigenvalue weighted by molar-refractivity contribution is 0.352. The number of hydrogen-bond donors (Lipinski definition) is 0. The van der Waals surface area contributed by atoms with Gasteiger partial charge in [0, 0.05) is 5.41 Å². The number of fused-ring (bicyclic) bond motifs is 3. The zero-order chi connectivity index (χ0) is 11.2. The van der Waals surface area contributed by atoms with Crippen LogP contribution in [0.4, 0.5) is 0 Å². The molecule has 3 aliphatic rings. The van der Waals surface area contributed by atoms with E-state index in [2.05, 4.69) is 26.0 Å². The predicted octanol–water partition coefficient (Wildman–Crippen LogP) is 4.93. The van der Waals surface area contributed by atoms with Crippen LogP contribution in [0.1, 0.15) is 58.8 Å². The fraction of sp³-hybridized carbons (Fsp3) is 0.625. The molecule has 0 aromatic carbocycles. The van der Waals surface area contributed by atoms with Crippen molar-refractivity contribution in [3.05, 3.63) is 34.4 Å². The van der Waals surface area contributed by atoms with Crippen LogP contribution < -0.4 is 0 Å². The molecule has 0 radical (unpaired) electrons. The SMILES string of the molecule is CC1=C2C(=CC=C3CCCCC32C)CCC1. The Morgan fingerprint density at radius 2 is 1.88 bits per heavy atom. The highest BCUT2D eigenvalue weighted by atomic mass is 14.4. The third kappa shape index (κ3) is 1.35. The molecule has 0 amide bonds. The van der Waals surface area contributed by atoms with Gasteiger partial charge in [-0.2, -0.15) is 0 Å². The lowest BCUT2D eigenvalue weighted by atomic mass is 9.60. The molecule has 1 unspecified atom stereocenters. The first kappa shape index (κ1) is 10.4. The minimum atomic E-state index is 0.410. The summed E-state index contributed by atoms with van der Waals surface area (Å²) in [5.74, 6) is 0. The summed E-state index contributed by atoms with van der Waals surface area (Å²) < 4.78 is 0. The van der Waals surface area contributed by atoms with Crippen LogP contribution in [0.5, 0.6) is 0 Å². The van der Waals surface area contributed by atoms with Crippen molar-refractivity contribution in [2.45, 2.75) is 58.8 Å². The Bertz CT molecular complexity index is 406. The molecule has 1 saturated carbocycles. The third-order valence-corrected chi connectivity index (χ3v) is 4.86. The highest BCUT2D eigenvalue weighted by Gasteiger charge is 2.39. The normalized spacial score (nSPS) is 33.9. The van der Waals surface area contributed by atoms with Gasteiger partial charge in [-0.05, 0) is 56.6 Å². The van der Waals surface area contributed by atoms with E-state index in [-0.39, 0.29) is 0 Å². The van der Waals surface area contributed by atoms with Gasteiger partial charge >= 0.3 is 0 Å². The van der Waals surface area contributed by atoms with E-state index in [9.17, 15) is 0 Å². The monoisotopic (exact) mass is 214 g/mol. The molecule has 0 saturated heterocycles. The van der Waals surface area contributed by atoms with E-state index in [4.69, 9.17) is 0 Å². The lowest BCUT2D eigenvalue weighted by Gasteiger charge is -2.44. The van der Waals surface area contributed by atoms with Gasteiger partial charge in [0.15, 0.2) is 0 Å². The van der Waals surface area contributed by atoms with Gasteiger partial charge in [0.2, 0.25) is 0 Å². The Morgan fingerprint density at radius 3 is 2.75 bits per heavy atom. The minimum absolute atomic E-state index is 0.410. The van der Waals surface area contributed by atoms with Gasteiger partial charge < -0.3 is 0 Å². The Balaban J connectivity index is 2.14. The smallest absolute Gasteiger partial charge is 0.0139 e. The zero-order valence-electron chi connectivity index (χ0n) is 10.6. The molecule has 1 atom stereocenters. The highest BCUT2D eigenvalue weighted by Crippen LogP contribution is 2.54. The summed E-state index contributed by atoms with van der Waals surface area (Å²) in [4.78, 5) is 0. The predicted molar refractivity (Wildman–Crippen MR) is 69.3 cm³/mol. The van der Waals surface area contributed by atoms with Crippen LogP contribution in [0.2, 0.25) is 0 Å². The van der Waals surface area contributed by atoms with Crippen LogP contribution in [0.25, 0.3) is 0 Å². The van der Waals surface area contributed by atoms with E-state index in [0.29, 0.717) is 5.41 Å². The molecule has 3 rings (SSSR count). The Labute approximate surface area is 99.1 Å². The average Bonchev–Trinajstić information content (AvgIpc) is 2.28. The van der Waals surface area contributed by atoms with Crippen LogP contribution >= 0.6 is 0 Å². The summed E-state index contributed by atoms with van der Waals surface area (Å²) in [6.07, 6.45) is 14.4. The molecule has 0 spiro atoms. The number of allylic oxidation sites excluding steroid dienone is 6. The standard InChI is InChI=1S/C16H22/c1-12-6-5-7-13-9-10-14-8-3-4-11-16(14,2)15(12)13/h9-10H,3-8,11H2,1-2H3. The summed E-state index contributed by atoms with van der Waals surface area (Å²) >= 11 is 0. The van der Waals surface area contributed by atoms with Crippen LogP contribution in [0.15, 0.2) is 34.4 Å². The van der Waals surface area contributed by atoms with Gasteiger partial charge in [-0.15, -0.1) is 0 Å². The second kappa shape index (κ2) is 3.61. The maximum Gasteiger partial charge on any atom is 0.0139 e. The molecule has 0 heterocycles. The van der Waals surface area contributed by atoms with Crippen LogP contribution in [0, 0.1) is 5.41 Å². The van der Waals surface area contributed by atoms with Crippen molar-refractivity contribution in [1.29, 1.82) is 0 Å². The summed E-state index contributed by atoms with van der Waals surface area (Å²) in [6, 6.07) is 0. The van der Waals surface area contributed by atoms with Gasteiger partial charge in [0.05, 0.1) is 0 Å². The second-order valence-corrected chi connectivity index (χ2v) is 5.93. The van der Waals surface area contributed by atoms with Gasteiger partial charge in [-0.3, -0.25) is 0 Å². The summed E-state index contributed by atoms with van der Waals surface area (Å²) in [7, 11) is 0. The van der Waals surface area contributed by atoms with Crippen molar-refractivity contribution in [3.8, 4) is 0 Å². The maximum atomic E-state index is 2.50. The van der Waals surface area contributed by atoms with Gasteiger partial charge in [-0.25, -0.2) is 0 Å². The maximum absolute atomic E-state index is 2.50. The van der Waals surface area contributed by atoms with E-state index in [1.54, 1.807) is 22.3 Å². The van der Waals surface area contributed by atoms with E-state index < -0.39 is 0 Å². The van der Waals surface area contributed by atoms with Crippen LogP contribution in [0.3, 0.4) is 0 Å². The molecule has 0 N–H and O–H groups in total. The van der Waals surface area contributed by atoms with Crippen molar-refractivity contribution in [3.63, 3.8) is 0 Å². The van der Waals surface area contributed by atoms with E-state index >= 15 is 0 Å². The van der Waals surface area contributed by atoms with Crippen molar-refractivity contribution in [2.24, 2.45) is 5.41 Å². The average molecular weight is 214 g/mol. The topological polar surface area (TPSA) is 0 Å². The van der Waals surface area contributed by atoms with E-state index in [1.165, 1.54) is 44.9 Å². The third-order valence-electron chi connectivity index (χ3n) is 4.86. The fourth-order valence-corrected chi connectivity index (χ4v) is 4.04. The number of hydrogen-bond acceptors (Lipinski definition) is 0. The van der Waals surface area contributed by atoms with Crippen molar-refractivity contribution in [1.82, 2.24) is 0 Å². The molecule has 0 nitrogen and oxygen atoms in total. The zero-order valence-corrected chi connectivity index (χ0v) is 10.6. The summed E-state index contributed by atoms with van der Waals surface area (Å²) in [6.45, 7) is 4.86. The largest absolute Gasteiger partial charge is 0.0689 e. The summed E-state index contributed by atoms with van der Waals surface area (Å²) in [5, 5.41) is 0. The van der Waals surface area contributed by atoms with Gasteiger partial charge in [-0.1, -0.05) is 36.6 Å². The lowest BCUT2D eigenvalue weighted by Crippen LogP contribution is -2.30. The minimum Gasteiger partial charge on any atom is -0.0689 e. The molecular weight excluding hydrogens is 192 g/mol. The van der Waals surface area contributed by atoms with Crippen molar-refractivity contribution in [2.75, 3.05) is 0 Å². The number of rotatable bonds is 0. The molecule has 0 aromatic heterocycles. The Kier molecular flexibility index (Phi) is 2.34. The molecule has 3 aliphatic carbocycles. The van der Waals surface area contributed by atoms with Gasteiger partial charge in [0.1, 0.15) is 0 Å². The first-order chi connectivity index (χ1) is 7.72. The molecule has 16 heavy (non-hydrogen) atoms. The fourth-order valence-electron chi connectivity index (χ4n) is 4.04. The van der Waals surface area contributed by atoms with Gasteiger partial charge in [0.25, 0.3) is 0 Å². The van der Waals surface area contributed by atoms with E-state index in [0.717, 1.165) is 0 Å². The van der Waals surface area contributed by atoms with Crippen LogP contribution in [-0.4, -0.2) is 0 Å². The first-order valence-electron chi connectivity index (χ1n) is 6.82. The second-order valence-electron chi connectivity index (χ2n) is 5.93. The van der Waals surface area contributed by atoms with E-state index in [1.807, 2.05) is 0 Å².